The van der Waals surface area contributed by atoms with E-state index in [1.54, 1.807) is 13.2 Å². The van der Waals surface area contributed by atoms with Crippen molar-refractivity contribution >= 4 is 35.2 Å². The summed E-state index contributed by atoms with van der Waals surface area (Å²) in [6.07, 6.45) is 1.73. The molecule has 0 aliphatic heterocycles. The molecule has 0 heterocycles. The van der Waals surface area contributed by atoms with Crippen LogP contribution in [0.5, 0.6) is 0 Å². The monoisotopic (exact) mass is 333 g/mol. The molecule has 3 N–H and O–H groups in total. The van der Waals surface area contributed by atoms with Gasteiger partial charge in [-0.05, 0) is 18.4 Å². The van der Waals surface area contributed by atoms with Crippen molar-refractivity contribution in [1.82, 2.24) is 5.32 Å². The number of rotatable bonds is 9. The Morgan fingerprint density at radius 1 is 1.47 bits per heavy atom. The van der Waals surface area contributed by atoms with Crippen LogP contribution in [0, 0.1) is 0 Å². The number of nitrogens with one attached hydrogen (secondary N) is 1. The Morgan fingerprint density at radius 3 is 2.47 bits per heavy atom. The molecule has 2 atom stereocenters. The molecule has 0 aromatic rings. The highest BCUT2D eigenvalue weighted by Gasteiger charge is 2.30. The van der Waals surface area contributed by atoms with Crippen LogP contribution in [0.3, 0.4) is 0 Å². The second kappa shape index (κ2) is 8.26. The van der Waals surface area contributed by atoms with Crippen LogP contribution < -0.4 is 5.32 Å². The van der Waals surface area contributed by atoms with Gasteiger partial charge in [0.2, 0.25) is 13.3 Å². The van der Waals surface area contributed by atoms with Crippen LogP contribution in [-0.2, 0) is 19.5 Å². The summed E-state index contributed by atoms with van der Waals surface area (Å²) in [4.78, 5) is 20.9. The maximum absolute atomic E-state index is 11.6. The lowest BCUT2D eigenvalue weighted by Gasteiger charge is -2.14. The smallest absolute Gasteiger partial charge is 0.276 e. The minimum atomic E-state index is -4.46. The Bertz CT molecular complexity index is 438. The Labute approximate surface area is 117 Å². The van der Waals surface area contributed by atoms with Gasteiger partial charge in [0.25, 0.3) is 10.1 Å². The minimum absolute atomic E-state index is 0.00357. The molecule has 0 fully saturated rings. The van der Waals surface area contributed by atoms with E-state index in [1.165, 1.54) is 11.8 Å². The van der Waals surface area contributed by atoms with Gasteiger partial charge in [-0.15, -0.1) is 0 Å². The topological polar surface area (TPSA) is 121 Å². The standard InChI is InChI=1S/C9H20NO6PS2/c1-3-17(12,13)6-5-10-9(11)8(4-7-18-2)19(14,15)16/h8H,3-7H2,1-2H3,(H,10,11)(H,12,13)(H,14,15,16). The van der Waals surface area contributed by atoms with Gasteiger partial charge in [0.1, 0.15) is 0 Å². The number of amides is 1. The fraction of sp³-hybridized carbons (Fsp3) is 0.889. The molecule has 2 unspecified atom stereocenters. The summed E-state index contributed by atoms with van der Waals surface area (Å²) >= 11 is 1.36. The highest BCUT2D eigenvalue weighted by molar-refractivity contribution is 7.98. The zero-order valence-electron chi connectivity index (χ0n) is 10.9. The van der Waals surface area contributed by atoms with Crippen molar-refractivity contribution in [3.8, 4) is 0 Å². The fourth-order valence-corrected chi connectivity index (χ4v) is 3.43. The van der Waals surface area contributed by atoms with Gasteiger partial charge in [0.05, 0.1) is 0 Å². The molecular weight excluding hydrogens is 313 g/mol. The Kier molecular flexibility index (Phi) is 8.23. The van der Waals surface area contributed by atoms with Crippen molar-refractivity contribution in [2.24, 2.45) is 0 Å². The van der Waals surface area contributed by atoms with E-state index >= 15 is 0 Å². The van der Waals surface area contributed by atoms with Gasteiger partial charge in [-0.1, -0.05) is 6.92 Å². The second-order valence-electron chi connectivity index (χ2n) is 3.96. The summed E-state index contributed by atoms with van der Waals surface area (Å²) in [5.74, 6) is -0.432. The van der Waals surface area contributed by atoms with E-state index in [2.05, 4.69) is 5.32 Å². The SMILES string of the molecule is CCP(=O)(O)CCNC(=O)C(CCSC)S(=O)(=O)O. The van der Waals surface area contributed by atoms with Gasteiger partial charge in [0, 0.05) is 18.9 Å². The van der Waals surface area contributed by atoms with Gasteiger partial charge in [-0.3, -0.25) is 13.9 Å². The van der Waals surface area contributed by atoms with E-state index in [0.717, 1.165) is 0 Å². The third-order valence-electron chi connectivity index (χ3n) is 2.49. The number of carbonyl (C=O) groups excluding carboxylic acids is 1. The van der Waals surface area contributed by atoms with E-state index in [0.29, 0.717) is 5.75 Å². The summed E-state index contributed by atoms with van der Waals surface area (Å²) in [6, 6.07) is 0. The van der Waals surface area contributed by atoms with Crippen LogP contribution in [0.1, 0.15) is 13.3 Å². The molecule has 0 bridgehead atoms. The van der Waals surface area contributed by atoms with Gasteiger partial charge in [-0.2, -0.15) is 20.2 Å². The van der Waals surface area contributed by atoms with E-state index in [1.807, 2.05) is 0 Å². The van der Waals surface area contributed by atoms with Gasteiger partial charge < -0.3 is 10.2 Å². The van der Waals surface area contributed by atoms with Gasteiger partial charge in [-0.25, -0.2) is 0 Å². The maximum Gasteiger partial charge on any atom is 0.276 e. The van der Waals surface area contributed by atoms with Crippen molar-refractivity contribution in [1.29, 1.82) is 0 Å². The number of thioether (sulfide) groups is 1. The molecular formula is C9H20NO6PS2. The molecule has 10 heteroatoms. The summed E-state index contributed by atoms with van der Waals surface area (Å²) in [5.41, 5.74) is 0. The highest BCUT2D eigenvalue weighted by Crippen LogP contribution is 2.38. The number of carbonyl (C=O) groups is 1. The molecule has 0 aromatic carbocycles. The molecule has 0 saturated heterocycles. The molecule has 7 nitrogen and oxygen atoms in total. The van der Waals surface area contributed by atoms with E-state index < -0.39 is 28.6 Å². The molecule has 0 spiro atoms. The average Bonchev–Trinajstić information content (AvgIpc) is 2.27. The molecule has 0 radical (unpaired) electrons. The van der Waals surface area contributed by atoms with Crippen molar-refractivity contribution in [3.05, 3.63) is 0 Å². The first-order chi connectivity index (χ1) is 8.64. The first-order valence-electron chi connectivity index (χ1n) is 5.68. The van der Waals surface area contributed by atoms with Crippen LogP contribution in [0.2, 0.25) is 0 Å². The molecule has 0 aliphatic rings. The molecule has 1 amide bonds. The van der Waals surface area contributed by atoms with Gasteiger partial charge >= 0.3 is 0 Å². The molecule has 0 aromatic heterocycles. The van der Waals surface area contributed by atoms with Gasteiger partial charge in [0.15, 0.2) is 5.25 Å². The van der Waals surface area contributed by atoms with Crippen LogP contribution in [0.4, 0.5) is 0 Å². The lowest BCUT2D eigenvalue weighted by Crippen LogP contribution is -2.41. The number of hydrogen-bond acceptors (Lipinski definition) is 5. The first-order valence-corrected chi connectivity index (χ1v) is 10.6. The maximum atomic E-state index is 11.6. The highest BCUT2D eigenvalue weighted by atomic mass is 32.2. The Balaban J connectivity index is 4.46. The van der Waals surface area contributed by atoms with Crippen LogP contribution >= 0.6 is 19.1 Å². The zero-order valence-corrected chi connectivity index (χ0v) is 13.4. The van der Waals surface area contributed by atoms with E-state index in [-0.39, 0.29) is 25.3 Å². The normalized spacial score (nSPS) is 16.6. The summed E-state index contributed by atoms with van der Waals surface area (Å²) < 4.78 is 42.5. The summed E-state index contributed by atoms with van der Waals surface area (Å²) in [7, 11) is -7.72. The van der Waals surface area contributed by atoms with Crippen LogP contribution in [-0.4, -0.2) is 59.9 Å². The third-order valence-corrected chi connectivity index (χ3v) is 6.21. The lowest BCUT2D eigenvalue weighted by atomic mass is 10.3. The summed E-state index contributed by atoms with van der Waals surface area (Å²) in [5, 5.41) is 0.741. The molecule has 19 heavy (non-hydrogen) atoms. The predicted octanol–water partition coefficient (Wildman–Crippen LogP) is 0.402. The quantitative estimate of drug-likeness (QED) is 0.412. The van der Waals surface area contributed by atoms with E-state index in [4.69, 9.17) is 4.55 Å². The fourth-order valence-electron chi connectivity index (χ4n) is 1.27. The summed E-state index contributed by atoms with van der Waals surface area (Å²) in [6.45, 7) is 1.47. The minimum Gasteiger partial charge on any atom is -0.354 e. The average molecular weight is 333 g/mol. The van der Waals surface area contributed by atoms with Crippen LogP contribution in [0.15, 0.2) is 0 Å². The third kappa shape index (κ3) is 7.94. The largest absolute Gasteiger partial charge is 0.354 e. The Morgan fingerprint density at radius 2 is 2.05 bits per heavy atom. The first kappa shape index (κ1) is 18.9. The molecule has 0 aliphatic carbocycles. The zero-order chi connectivity index (χ0) is 15.1. The van der Waals surface area contributed by atoms with Crippen molar-refractivity contribution < 1.29 is 27.2 Å². The lowest BCUT2D eigenvalue weighted by molar-refractivity contribution is -0.120. The number of hydrogen-bond donors (Lipinski definition) is 3. The van der Waals surface area contributed by atoms with Crippen LogP contribution in [0.25, 0.3) is 0 Å². The van der Waals surface area contributed by atoms with Crippen molar-refractivity contribution in [2.75, 3.05) is 30.9 Å². The Hall–Kier alpha value is -0.0800. The molecule has 114 valence electrons. The second-order valence-corrected chi connectivity index (χ2v) is 9.32. The molecule has 0 rings (SSSR count). The van der Waals surface area contributed by atoms with Crippen molar-refractivity contribution in [3.63, 3.8) is 0 Å². The van der Waals surface area contributed by atoms with Crippen molar-refractivity contribution in [2.45, 2.75) is 18.6 Å². The molecule has 0 saturated carbocycles. The predicted molar refractivity (Wildman–Crippen MR) is 76.6 cm³/mol. The van der Waals surface area contributed by atoms with E-state index in [9.17, 15) is 22.7 Å².